The van der Waals surface area contributed by atoms with Gasteiger partial charge in [0.15, 0.2) is 0 Å². The van der Waals surface area contributed by atoms with E-state index < -0.39 is 0 Å². The Labute approximate surface area is 118 Å². The molecule has 108 valence electrons. The standard InChI is InChI=1S/C15H21N3O2/c16-13-10-18(9-12(13)11-4-5-11)15(20)6-8-17-7-2-1-3-14(17)19/h1-3,7,11-13H,4-6,8-10,16H2/t12-,13+/m1/s1. The third-order valence-electron chi connectivity index (χ3n) is 4.46. The summed E-state index contributed by atoms with van der Waals surface area (Å²) in [6.07, 6.45) is 4.62. The molecule has 2 atom stereocenters. The van der Waals surface area contributed by atoms with Crippen molar-refractivity contribution in [2.24, 2.45) is 17.6 Å². The number of carbonyl (C=O) groups is 1. The van der Waals surface area contributed by atoms with Crippen molar-refractivity contribution in [2.75, 3.05) is 13.1 Å². The molecule has 1 aromatic rings. The van der Waals surface area contributed by atoms with Crippen molar-refractivity contribution in [3.8, 4) is 0 Å². The van der Waals surface area contributed by atoms with Crippen LogP contribution in [0.4, 0.5) is 0 Å². The zero-order chi connectivity index (χ0) is 14.1. The third-order valence-corrected chi connectivity index (χ3v) is 4.46. The van der Waals surface area contributed by atoms with Gasteiger partial charge < -0.3 is 15.2 Å². The summed E-state index contributed by atoms with van der Waals surface area (Å²) in [7, 11) is 0. The Kier molecular flexibility index (Phi) is 3.61. The summed E-state index contributed by atoms with van der Waals surface area (Å²) >= 11 is 0. The molecule has 1 aliphatic heterocycles. The van der Waals surface area contributed by atoms with Crippen molar-refractivity contribution in [3.63, 3.8) is 0 Å². The zero-order valence-corrected chi connectivity index (χ0v) is 11.6. The Morgan fingerprint density at radius 2 is 2.10 bits per heavy atom. The van der Waals surface area contributed by atoms with Crippen molar-refractivity contribution in [1.29, 1.82) is 0 Å². The molecule has 1 aliphatic carbocycles. The SMILES string of the molecule is N[C@H]1CN(C(=O)CCn2ccccc2=O)C[C@@H]1C1CC1. The quantitative estimate of drug-likeness (QED) is 0.866. The fourth-order valence-corrected chi connectivity index (χ4v) is 3.10. The first kappa shape index (κ1) is 13.4. The number of amides is 1. The van der Waals surface area contributed by atoms with E-state index >= 15 is 0 Å². The van der Waals surface area contributed by atoms with Crippen LogP contribution in [-0.2, 0) is 11.3 Å². The first-order valence-corrected chi connectivity index (χ1v) is 7.34. The van der Waals surface area contributed by atoms with Crippen LogP contribution in [0.1, 0.15) is 19.3 Å². The van der Waals surface area contributed by atoms with Crippen LogP contribution in [0.3, 0.4) is 0 Å². The van der Waals surface area contributed by atoms with E-state index in [1.54, 1.807) is 22.9 Å². The van der Waals surface area contributed by atoms with Crippen LogP contribution < -0.4 is 11.3 Å². The van der Waals surface area contributed by atoms with Crippen LogP contribution in [0, 0.1) is 11.8 Å². The minimum absolute atomic E-state index is 0.0609. The Hall–Kier alpha value is -1.62. The number of nitrogens with two attached hydrogens (primary N) is 1. The molecule has 0 spiro atoms. The van der Waals surface area contributed by atoms with Gasteiger partial charge in [0, 0.05) is 44.4 Å². The molecule has 1 amide bonds. The van der Waals surface area contributed by atoms with Crippen molar-refractivity contribution in [3.05, 3.63) is 34.7 Å². The molecule has 1 saturated heterocycles. The van der Waals surface area contributed by atoms with Crippen LogP contribution in [0.25, 0.3) is 0 Å². The number of pyridine rings is 1. The summed E-state index contributed by atoms with van der Waals surface area (Å²) in [6.45, 7) is 1.91. The minimum atomic E-state index is -0.0609. The lowest BCUT2D eigenvalue weighted by Gasteiger charge is -2.16. The summed E-state index contributed by atoms with van der Waals surface area (Å²) in [5.41, 5.74) is 6.07. The normalized spacial score (nSPS) is 25.9. The highest BCUT2D eigenvalue weighted by molar-refractivity contribution is 5.76. The first-order valence-electron chi connectivity index (χ1n) is 7.34. The number of aromatic nitrogens is 1. The van der Waals surface area contributed by atoms with Gasteiger partial charge in [-0.05, 0) is 30.7 Å². The largest absolute Gasteiger partial charge is 0.341 e. The highest BCUT2D eigenvalue weighted by Gasteiger charge is 2.41. The second kappa shape index (κ2) is 5.40. The second-order valence-electron chi connectivity index (χ2n) is 5.95. The number of nitrogens with zero attached hydrogens (tertiary/aromatic N) is 2. The van der Waals surface area contributed by atoms with E-state index in [9.17, 15) is 9.59 Å². The average Bonchev–Trinajstić information content (AvgIpc) is 3.20. The Bertz CT molecular complexity index is 550. The van der Waals surface area contributed by atoms with Gasteiger partial charge in [-0.25, -0.2) is 0 Å². The van der Waals surface area contributed by atoms with Gasteiger partial charge in [-0.1, -0.05) is 6.07 Å². The molecule has 20 heavy (non-hydrogen) atoms. The summed E-state index contributed by atoms with van der Waals surface area (Å²) in [5, 5.41) is 0. The lowest BCUT2D eigenvalue weighted by Crippen LogP contribution is -2.33. The molecule has 5 nitrogen and oxygen atoms in total. The molecule has 2 N–H and O–H groups in total. The van der Waals surface area contributed by atoms with Gasteiger partial charge >= 0.3 is 0 Å². The van der Waals surface area contributed by atoms with Crippen LogP contribution in [0.5, 0.6) is 0 Å². The van der Waals surface area contributed by atoms with Gasteiger partial charge in [-0.2, -0.15) is 0 Å². The monoisotopic (exact) mass is 275 g/mol. The molecule has 0 bridgehead atoms. The summed E-state index contributed by atoms with van der Waals surface area (Å²) in [5.74, 6) is 1.33. The summed E-state index contributed by atoms with van der Waals surface area (Å²) in [4.78, 5) is 25.7. The predicted octanol–water partition coefficient (Wildman–Crippen LogP) is 0.434. The Morgan fingerprint density at radius 3 is 2.80 bits per heavy atom. The molecule has 1 aromatic heterocycles. The van der Waals surface area contributed by atoms with Gasteiger partial charge in [0.05, 0.1) is 0 Å². The van der Waals surface area contributed by atoms with Gasteiger partial charge in [-0.15, -0.1) is 0 Å². The van der Waals surface area contributed by atoms with Crippen molar-refractivity contribution >= 4 is 5.91 Å². The van der Waals surface area contributed by atoms with E-state index in [0.29, 0.717) is 25.4 Å². The van der Waals surface area contributed by atoms with Crippen LogP contribution in [0.2, 0.25) is 0 Å². The highest BCUT2D eigenvalue weighted by atomic mass is 16.2. The van der Waals surface area contributed by atoms with E-state index in [-0.39, 0.29) is 17.5 Å². The molecule has 3 rings (SSSR count). The van der Waals surface area contributed by atoms with E-state index in [4.69, 9.17) is 5.73 Å². The Balaban J connectivity index is 1.55. The Morgan fingerprint density at radius 1 is 1.30 bits per heavy atom. The van der Waals surface area contributed by atoms with Crippen LogP contribution >= 0.6 is 0 Å². The smallest absolute Gasteiger partial charge is 0.250 e. The molecule has 2 heterocycles. The molecule has 0 aromatic carbocycles. The van der Waals surface area contributed by atoms with Gasteiger partial charge in [-0.3, -0.25) is 9.59 Å². The van der Waals surface area contributed by atoms with Crippen LogP contribution in [0.15, 0.2) is 29.2 Å². The van der Waals surface area contributed by atoms with E-state index in [1.807, 2.05) is 4.90 Å². The molecular weight excluding hydrogens is 254 g/mol. The topological polar surface area (TPSA) is 68.3 Å². The number of likely N-dealkylation sites (tertiary alicyclic amines) is 1. The maximum atomic E-state index is 12.2. The maximum Gasteiger partial charge on any atom is 0.250 e. The maximum absolute atomic E-state index is 12.2. The molecule has 2 fully saturated rings. The highest BCUT2D eigenvalue weighted by Crippen LogP contribution is 2.40. The number of rotatable bonds is 4. The zero-order valence-electron chi connectivity index (χ0n) is 11.6. The molecule has 5 heteroatoms. The summed E-state index contributed by atoms with van der Waals surface area (Å²) < 4.78 is 1.58. The third kappa shape index (κ3) is 2.77. The van der Waals surface area contributed by atoms with E-state index in [2.05, 4.69) is 0 Å². The molecular formula is C15H21N3O2. The predicted molar refractivity (Wildman–Crippen MR) is 76.1 cm³/mol. The van der Waals surface area contributed by atoms with Crippen molar-refractivity contribution in [2.45, 2.75) is 31.8 Å². The number of carbonyl (C=O) groups excluding carboxylic acids is 1. The fourth-order valence-electron chi connectivity index (χ4n) is 3.10. The van der Waals surface area contributed by atoms with Crippen LogP contribution in [-0.4, -0.2) is 34.5 Å². The van der Waals surface area contributed by atoms with Crippen molar-refractivity contribution in [1.82, 2.24) is 9.47 Å². The lowest BCUT2D eigenvalue weighted by atomic mass is 9.99. The average molecular weight is 275 g/mol. The van der Waals surface area contributed by atoms with Gasteiger partial charge in [0.2, 0.25) is 5.91 Å². The number of hydrogen-bond donors (Lipinski definition) is 1. The van der Waals surface area contributed by atoms with Gasteiger partial charge in [0.25, 0.3) is 5.56 Å². The molecule has 0 radical (unpaired) electrons. The van der Waals surface area contributed by atoms with Gasteiger partial charge in [0.1, 0.15) is 0 Å². The minimum Gasteiger partial charge on any atom is -0.341 e. The molecule has 2 aliphatic rings. The fraction of sp³-hybridized carbons (Fsp3) is 0.600. The van der Waals surface area contributed by atoms with E-state index in [0.717, 1.165) is 12.5 Å². The first-order chi connectivity index (χ1) is 9.65. The van der Waals surface area contributed by atoms with E-state index in [1.165, 1.54) is 18.9 Å². The molecule has 0 unspecified atom stereocenters. The number of aryl methyl sites for hydroxylation is 1. The second-order valence-corrected chi connectivity index (χ2v) is 5.95. The molecule has 1 saturated carbocycles. The number of hydrogen-bond acceptors (Lipinski definition) is 3. The van der Waals surface area contributed by atoms with Crippen molar-refractivity contribution < 1.29 is 4.79 Å². The lowest BCUT2D eigenvalue weighted by molar-refractivity contribution is -0.130. The summed E-state index contributed by atoms with van der Waals surface area (Å²) in [6, 6.07) is 5.16.